The van der Waals surface area contributed by atoms with Crippen molar-refractivity contribution in [2.24, 2.45) is 5.73 Å². The smallest absolute Gasteiger partial charge is 0.316 e. The minimum atomic E-state index is -0.822. The Balaban J connectivity index is 2.25. The monoisotopic (exact) mass is 369 g/mol. The van der Waals surface area contributed by atoms with Gasteiger partial charge in [-0.1, -0.05) is 29.8 Å². The van der Waals surface area contributed by atoms with Crippen LogP contribution in [0.3, 0.4) is 0 Å². The molecule has 1 heterocycles. The standard InChI is InChI=1S/C18H16ClN5O2/c1-23-14-8-7-11(19)9-15(14)24(12-5-3-2-4-6-12)17(25)13(16(23)20)10-22-18(21)26/h2-10,20H,1H3,(H3,21,22,26). The van der Waals surface area contributed by atoms with Crippen molar-refractivity contribution in [2.75, 3.05) is 16.8 Å². The molecule has 0 aromatic heterocycles. The molecule has 0 unspecified atom stereocenters. The second kappa shape index (κ2) is 6.89. The molecule has 0 saturated heterocycles. The third-order valence-electron chi connectivity index (χ3n) is 3.94. The number of amidine groups is 1. The fraction of sp³-hybridized carbons (Fsp3) is 0.0556. The maximum absolute atomic E-state index is 13.2. The number of likely N-dealkylation sites (N-methyl/N-ethyl adjacent to an activating group) is 1. The Morgan fingerprint density at radius 3 is 2.54 bits per heavy atom. The molecule has 1 aliphatic rings. The van der Waals surface area contributed by atoms with Crippen molar-refractivity contribution in [1.82, 2.24) is 5.32 Å². The zero-order valence-corrected chi connectivity index (χ0v) is 14.6. The van der Waals surface area contributed by atoms with E-state index in [1.54, 1.807) is 54.4 Å². The van der Waals surface area contributed by atoms with E-state index in [0.29, 0.717) is 22.1 Å². The summed E-state index contributed by atoms with van der Waals surface area (Å²) < 4.78 is 0. The third kappa shape index (κ3) is 3.12. The van der Waals surface area contributed by atoms with Gasteiger partial charge in [-0.15, -0.1) is 0 Å². The number of nitrogens with one attached hydrogen (secondary N) is 2. The Morgan fingerprint density at radius 1 is 1.19 bits per heavy atom. The molecule has 0 saturated carbocycles. The lowest BCUT2D eigenvalue weighted by Gasteiger charge is -2.24. The number of nitrogens with two attached hydrogens (primary N) is 1. The minimum Gasteiger partial charge on any atom is -0.351 e. The van der Waals surface area contributed by atoms with E-state index < -0.39 is 11.9 Å². The molecule has 0 bridgehead atoms. The van der Waals surface area contributed by atoms with Crippen LogP contribution in [0.25, 0.3) is 0 Å². The Kier molecular flexibility index (Phi) is 4.64. The van der Waals surface area contributed by atoms with Crippen molar-refractivity contribution < 1.29 is 9.59 Å². The van der Waals surface area contributed by atoms with Crippen LogP contribution in [0.1, 0.15) is 0 Å². The van der Waals surface area contributed by atoms with E-state index in [0.717, 1.165) is 6.20 Å². The van der Waals surface area contributed by atoms with Crippen LogP contribution < -0.4 is 20.9 Å². The van der Waals surface area contributed by atoms with E-state index in [2.05, 4.69) is 5.32 Å². The molecule has 7 nitrogen and oxygen atoms in total. The molecule has 0 fully saturated rings. The molecule has 4 N–H and O–H groups in total. The summed E-state index contributed by atoms with van der Waals surface area (Å²) in [6.07, 6.45) is 1.15. The molecule has 3 amide bonds. The fourth-order valence-corrected chi connectivity index (χ4v) is 2.86. The van der Waals surface area contributed by atoms with Gasteiger partial charge in [0.15, 0.2) is 0 Å². The quantitative estimate of drug-likeness (QED) is 0.709. The molecule has 0 spiro atoms. The maximum atomic E-state index is 13.2. The molecular weight excluding hydrogens is 354 g/mol. The number of benzene rings is 2. The van der Waals surface area contributed by atoms with Gasteiger partial charge < -0.3 is 16.0 Å². The zero-order chi connectivity index (χ0) is 18.8. The summed E-state index contributed by atoms with van der Waals surface area (Å²) in [5, 5.41) is 11.1. The topological polar surface area (TPSA) is 103 Å². The van der Waals surface area contributed by atoms with E-state index in [-0.39, 0.29) is 11.4 Å². The van der Waals surface area contributed by atoms with Crippen molar-refractivity contribution in [3.63, 3.8) is 0 Å². The van der Waals surface area contributed by atoms with Gasteiger partial charge in [-0.25, -0.2) is 4.79 Å². The van der Waals surface area contributed by atoms with Gasteiger partial charge in [0.05, 0.1) is 16.9 Å². The van der Waals surface area contributed by atoms with Gasteiger partial charge in [0.1, 0.15) is 5.84 Å². The zero-order valence-electron chi connectivity index (χ0n) is 13.9. The normalized spacial score (nSPS) is 15.7. The Labute approximate surface area is 155 Å². The van der Waals surface area contributed by atoms with Crippen LogP contribution in [0, 0.1) is 5.41 Å². The number of anilines is 3. The Bertz CT molecular complexity index is 926. The number of hydrogen-bond donors (Lipinski definition) is 3. The van der Waals surface area contributed by atoms with Gasteiger partial charge in [0.2, 0.25) is 0 Å². The van der Waals surface area contributed by atoms with E-state index >= 15 is 0 Å². The van der Waals surface area contributed by atoms with Crippen molar-refractivity contribution in [2.45, 2.75) is 0 Å². The highest BCUT2D eigenvalue weighted by molar-refractivity contribution is 6.35. The summed E-state index contributed by atoms with van der Waals surface area (Å²) in [5.41, 5.74) is 6.85. The van der Waals surface area contributed by atoms with Gasteiger partial charge in [0.25, 0.3) is 5.91 Å². The van der Waals surface area contributed by atoms with Crippen LogP contribution in [0.5, 0.6) is 0 Å². The first-order valence-corrected chi connectivity index (χ1v) is 8.06. The Morgan fingerprint density at radius 2 is 1.88 bits per heavy atom. The van der Waals surface area contributed by atoms with Crippen LogP contribution in [0.4, 0.5) is 21.9 Å². The number of carbonyl (C=O) groups is 2. The number of hydrogen-bond acceptors (Lipinski definition) is 3. The average molecular weight is 370 g/mol. The molecule has 1 aliphatic heterocycles. The van der Waals surface area contributed by atoms with Gasteiger partial charge in [0, 0.05) is 24.0 Å². The number of carbonyl (C=O) groups excluding carboxylic acids is 2. The van der Waals surface area contributed by atoms with E-state index in [4.69, 9.17) is 22.7 Å². The maximum Gasteiger partial charge on any atom is 0.316 e. The lowest BCUT2D eigenvalue weighted by Crippen LogP contribution is -2.34. The summed E-state index contributed by atoms with van der Waals surface area (Å²) in [5.74, 6) is -0.562. The summed E-state index contributed by atoms with van der Waals surface area (Å²) >= 11 is 6.16. The average Bonchev–Trinajstić information content (AvgIpc) is 2.68. The molecule has 0 radical (unpaired) electrons. The summed E-state index contributed by atoms with van der Waals surface area (Å²) in [7, 11) is 1.66. The SMILES string of the molecule is CN1C(=N)C(=CNC(N)=O)C(=O)N(c2ccccc2)c2cc(Cl)ccc21. The number of para-hydroxylation sites is 1. The molecule has 26 heavy (non-hydrogen) atoms. The molecule has 3 rings (SSSR count). The number of amides is 3. The van der Waals surface area contributed by atoms with Gasteiger partial charge in [-0.3, -0.25) is 15.1 Å². The predicted molar refractivity (Wildman–Crippen MR) is 102 cm³/mol. The van der Waals surface area contributed by atoms with Crippen LogP contribution in [-0.2, 0) is 4.79 Å². The van der Waals surface area contributed by atoms with Gasteiger partial charge in [-0.2, -0.15) is 0 Å². The van der Waals surface area contributed by atoms with Crippen molar-refractivity contribution in [3.05, 3.63) is 65.3 Å². The first-order chi connectivity index (χ1) is 12.4. The second-order valence-electron chi connectivity index (χ2n) is 5.58. The van der Waals surface area contributed by atoms with E-state index in [1.807, 2.05) is 6.07 Å². The summed E-state index contributed by atoms with van der Waals surface area (Å²) in [6, 6.07) is 13.3. The molecule has 2 aromatic rings. The summed E-state index contributed by atoms with van der Waals surface area (Å²) in [6.45, 7) is 0. The van der Waals surface area contributed by atoms with Crippen LogP contribution in [0.15, 0.2) is 60.3 Å². The van der Waals surface area contributed by atoms with E-state index in [1.165, 1.54) is 4.90 Å². The van der Waals surface area contributed by atoms with Crippen molar-refractivity contribution >= 4 is 46.4 Å². The van der Waals surface area contributed by atoms with Crippen molar-refractivity contribution in [1.29, 1.82) is 5.41 Å². The number of urea groups is 1. The predicted octanol–water partition coefficient (Wildman–Crippen LogP) is 2.98. The first-order valence-electron chi connectivity index (χ1n) is 7.68. The van der Waals surface area contributed by atoms with Gasteiger partial charge >= 0.3 is 6.03 Å². The second-order valence-corrected chi connectivity index (χ2v) is 6.02. The number of halogens is 1. The minimum absolute atomic E-state index is 0.0116. The molecule has 0 atom stereocenters. The molecular formula is C18H16ClN5O2. The number of fused-ring (bicyclic) bond motifs is 1. The van der Waals surface area contributed by atoms with Crippen LogP contribution in [-0.4, -0.2) is 24.8 Å². The highest BCUT2D eigenvalue weighted by Crippen LogP contribution is 2.40. The molecule has 8 heteroatoms. The molecule has 2 aromatic carbocycles. The number of nitrogens with zero attached hydrogens (tertiary/aromatic N) is 2. The van der Waals surface area contributed by atoms with Gasteiger partial charge in [-0.05, 0) is 30.3 Å². The lowest BCUT2D eigenvalue weighted by atomic mass is 10.2. The third-order valence-corrected chi connectivity index (χ3v) is 4.17. The number of primary amides is 1. The van der Waals surface area contributed by atoms with Crippen LogP contribution >= 0.6 is 11.6 Å². The van der Waals surface area contributed by atoms with E-state index in [9.17, 15) is 9.59 Å². The van der Waals surface area contributed by atoms with Crippen LogP contribution in [0.2, 0.25) is 5.02 Å². The molecule has 0 aliphatic carbocycles. The highest BCUT2D eigenvalue weighted by atomic mass is 35.5. The Hall–Kier alpha value is -3.32. The lowest BCUT2D eigenvalue weighted by molar-refractivity contribution is -0.114. The largest absolute Gasteiger partial charge is 0.351 e. The van der Waals surface area contributed by atoms with Crippen molar-refractivity contribution in [3.8, 4) is 0 Å². The number of rotatable bonds is 2. The highest BCUT2D eigenvalue weighted by Gasteiger charge is 2.33. The fourth-order valence-electron chi connectivity index (χ4n) is 2.70. The first kappa shape index (κ1) is 17.5. The molecule has 132 valence electrons. The summed E-state index contributed by atoms with van der Waals surface area (Å²) in [4.78, 5) is 27.3.